The molecule has 0 bridgehead atoms. The second-order valence-electron chi connectivity index (χ2n) is 7.76. The molecule has 3 aromatic rings. The fraction of sp³-hybridized carbons (Fsp3) is 0.261. The molecule has 1 aliphatic rings. The van der Waals surface area contributed by atoms with Crippen LogP contribution in [0.1, 0.15) is 16.7 Å². The van der Waals surface area contributed by atoms with E-state index in [1.165, 1.54) is 37.1 Å². The molecule has 0 fully saturated rings. The lowest BCUT2D eigenvalue weighted by molar-refractivity contribution is -0.139. The van der Waals surface area contributed by atoms with Crippen molar-refractivity contribution in [3.63, 3.8) is 0 Å². The Morgan fingerprint density at radius 3 is 2.53 bits per heavy atom. The molecule has 1 aromatic heterocycles. The zero-order valence-corrected chi connectivity index (χ0v) is 18.0. The Balaban J connectivity index is 2.04. The topological polar surface area (TPSA) is 64.4 Å². The number of rotatable bonds is 4. The summed E-state index contributed by atoms with van der Waals surface area (Å²) in [6.45, 7) is 1.39. The fourth-order valence-corrected chi connectivity index (χ4v) is 3.95. The van der Waals surface area contributed by atoms with Gasteiger partial charge in [-0.2, -0.15) is 23.0 Å². The predicted octanol–water partition coefficient (Wildman–Crippen LogP) is 4.04. The lowest BCUT2D eigenvalue weighted by Gasteiger charge is -2.20. The van der Waals surface area contributed by atoms with E-state index in [4.69, 9.17) is 0 Å². The molecule has 4 rings (SSSR count). The van der Waals surface area contributed by atoms with E-state index in [0.29, 0.717) is 34.0 Å². The molecule has 0 N–H and O–H groups in total. The van der Waals surface area contributed by atoms with Crippen molar-refractivity contribution in [2.75, 3.05) is 25.1 Å². The highest BCUT2D eigenvalue weighted by atomic mass is 19.4. The molecule has 34 heavy (non-hydrogen) atoms. The number of benzene rings is 2. The Morgan fingerprint density at radius 2 is 1.88 bits per heavy atom. The van der Waals surface area contributed by atoms with Crippen LogP contribution in [0.5, 0.6) is 0 Å². The molecule has 0 aliphatic carbocycles. The van der Waals surface area contributed by atoms with Crippen LogP contribution in [0.3, 0.4) is 0 Å². The number of nitrogens with zero attached hydrogens (tertiary/aromatic N) is 3. The van der Waals surface area contributed by atoms with E-state index in [1.54, 1.807) is 0 Å². The molecule has 178 valence electrons. The zero-order chi connectivity index (χ0) is 24.8. The summed E-state index contributed by atoms with van der Waals surface area (Å²) in [7, 11) is 1.17. The largest absolute Gasteiger partial charge is 0.468 e. The summed E-state index contributed by atoms with van der Waals surface area (Å²) in [6.07, 6.45) is -4.64. The molecule has 0 atom stereocenters. The van der Waals surface area contributed by atoms with Gasteiger partial charge in [0.2, 0.25) is 0 Å². The molecular weight excluding hydrogens is 461 g/mol. The number of aryl methyl sites for hydroxylation is 1. The number of fused-ring (bicyclic) bond motifs is 1. The number of ether oxygens (including phenoxy) is 1. The third-order valence-corrected chi connectivity index (χ3v) is 5.59. The molecule has 11 heteroatoms. The Morgan fingerprint density at radius 1 is 1.15 bits per heavy atom. The number of aromatic nitrogens is 2. The van der Waals surface area contributed by atoms with Crippen LogP contribution in [0.25, 0.3) is 16.9 Å². The van der Waals surface area contributed by atoms with Crippen LogP contribution in [0, 0.1) is 18.6 Å². The third-order valence-electron chi connectivity index (χ3n) is 5.59. The van der Waals surface area contributed by atoms with E-state index in [-0.39, 0.29) is 36.5 Å². The summed E-state index contributed by atoms with van der Waals surface area (Å²) in [5.74, 6) is -2.15. The Hall–Kier alpha value is -3.76. The minimum atomic E-state index is -4.90. The first-order chi connectivity index (χ1) is 16.0. The minimum absolute atomic E-state index is 0.0465. The van der Waals surface area contributed by atoms with Crippen molar-refractivity contribution in [1.82, 2.24) is 9.78 Å². The fourth-order valence-electron chi connectivity index (χ4n) is 3.95. The maximum Gasteiger partial charge on any atom is 0.418 e. The maximum atomic E-state index is 14.0. The summed E-state index contributed by atoms with van der Waals surface area (Å²) in [5, 5.41) is 4.18. The van der Waals surface area contributed by atoms with Crippen LogP contribution < -0.4 is 10.5 Å². The number of carbonyl (C=O) groups is 1. The quantitative estimate of drug-likeness (QED) is 0.418. The van der Waals surface area contributed by atoms with Crippen LogP contribution in [-0.2, 0) is 22.1 Å². The average molecular weight is 479 g/mol. The first kappa shape index (κ1) is 23.4. The van der Waals surface area contributed by atoms with Crippen LogP contribution in [-0.4, -0.2) is 35.9 Å². The number of esters is 1. The van der Waals surface area contributed by atoms with Gasteiger partial charge in [-0.1, -0.05) is 0 Å². The van der Waals surface area contributed by atoms with Gasteiger partial charge in [0.15, 0.2) is 0 Å². The molecule has 0 spiro atoms. The molecular formula is C23H18F5N3O3. The van der Waals surface area contributed by atoms with Gasteiger partial charge in [0.05, 0.1) is 24.1 Å². The molecule has 2 aromatic carbocycles. The monoisotopic (exact) mass is 479 g/mol. The summed E-state index contributed by atoms with van der Waals surface area (Å²) >= 11 is 0. The van der Waals surface area contributed by atoms with E-state index >= 15 is 0 Å². The van der Waals surface area contributed by atoms with E-state index in [9.17, 15) is 31.5 Å². The number of anilines is 1. The van der Waals surface area contributed by atoms with Crippen LogP contribution in [0.2, 0.25) is 0 Å². The van der Waals surface area contributed by atoms with Crippen molar-refractivity contribution in [3.05, 3.63) is 75.1 Å². The highest BCUT2D eigenvalue weighted by Crippen LogP contribution is 2.36. The van der Waals surface area contributed by atoms with Gasteiger partial charge in [-0.05, 0) is 49.2 Å². The van der Waals surface area contributed by atoms with Gasteiger partial charge in [-0.3, -0.25) is 9.59 Å². The highest BCUT2D eigenvalue weighted by molar-refractivity contribution is 5.80. The van der Waals surface area contributed by atoms with Gasteiger partial charge >= 0.3 is 12.1 Å². The number of hydrogen-bond donors (Lipinski definition) is 0. The highest BCUT2D eigenvalue weighted by Gasteiger charge is 2.36. The average Bonchev–Trinajstić information content (AvgIpc) is 3.19. The predicted molar refractivity (Wildman–Crippen MR) is 113 cm³/mol. The van der Waals surface area contributed by atoms with Gasteiger partial charge in [0, 0.05) is 23.7 Å². The first-order valence-electron chi connectivity index (χ1n) is 10.1. The van der Waals surface area contributed by atoms with E-state index in [1.807, 2.05) is 0 Å². The lowest BCUT2D eigenvalue weighted by Crippen LogP contribution is -2.35. The summed E-state index contributed by atoms with van der Waals surface area (Å²) in [4.78, 5) is 26.7. The number of halogens is 5. The number of alkyl halides is 3. The normalized spacial score (nSPS) is 13.2. The van der Waals surface area contributed by atoms with Crippen molar-refractivity contribution < 1.29 is 31.5 Å². The zero-order valence-electron chi connectivity index (χ0n) is 18.0. The second-order valence-corrected chi connectivity index (χ2v) is 7.76. The van der Waals surface area contributed by atoms with Crippen molar-refractivity contribution in [1.29, 1.82) is 0 Å². The molecule has 2 heterocycles. The molecule has 6 nitrogen and oxygen atoms in total. The van der Waals surface area contributed by atoms with Gasteiger partial charge in [-0.15, -0.1) is 0 Å². The van der Waals surface area contributed by atoms with Crippen molar-refractivity contribution >= 4 is 11.7 Å². The first-order valence-corrected chi connectivity index (χ1v) is 10.1. The van der Waals surface area contributed by atoms with E-state index in [0.717, 1.165) is 0 Å². The van der Waals surface area contributed by atoms with Gasteiger partial charge in [-0.25, -0.2) is 8.78 Å². The summed E-state index contributed by atoms with van der Waals surface area (Å²) in [6, 6.07) is 5.75. The smallest absolute Gasteiger partial charge is 0.418 e. The molecule has 0 unspecified atom stereocenters. The Labute approximate surface area is 190 Å². The number of hydrogen-bond acceptors (Lipinski definition) is 5. The van der Waals surface area contributed by atoms with Gasteiger partial charge in [0.1, 0.15) is 23.9 Å². The second kappa shape index (κ2) is 8.54. The maximum absolute atomic E-state index is 14.0. The molecule has 0 saturated heterocycles. The van der Waals surface area contributed by atoms with Crippen LogP contribution in [0.4, 0.5) is 27.6 Å². The van der Waals surface area contributed by atoms with Crippen molar-refractivity contribution in [2.24, 2.45) is 0 Å². The molecule has 0 saturated carbocycles. The molecule has 1 aliphatic heterocycles. The van der Waals surface area contributed by atoms with Crippen LogP contribution >= 0.6 is 0 Å². The molecule has 0 radical (unpaired) electrons. The summed E-state index contributed by atoms with van der Waals surface area (Å²) < 4.78 is 74.2. The minimum Gasteiger partial charge on any atom is -0.468 e. The Bertz CT molecular complexity index is 1350. The summed E-state index contributed by atoms with van der Waals surface area (Å²) in [5.41, 5.74) is -1.92. The molecule has 0 amide bonds. The Kier molecular flexibility index (Phi) is 5.88. The van der Waals surface area contributed by atoms with Crippen molar-refractivity contribution in [2.45, 2.75) is 19.5 Å². The number of methoxy groups -OCH3 is 1. The standard InChI is InChI=1S/C23H18F5N3O3/c1-12-9-13(3-6-17(12)25)20-15-7-8-30(11-19(32)34-2)21(15)22(33)31(29-20)18-10-14(24)4-5-16(18)23(26,27)28/h3-6,9-10H,7-8,11H2,1-2H3. The SMILES string of the molecule is COC(=O)CN1CCc2c(-c3ccc(F)c(C)c3)nn(-c3cc(F)ccc3C(F)(F)F)c(=O)c21. The number of carbonyl (C=O) groups excluding carboxylic acids is 1. The third kappa shape index (κ3) is 4.13. The van der Waals surface area contributed by atoms with E-state index in [2.05, 4.69) is 9.84 Å². The van der Waals surface area contributed by atoms with E-state index < -0.39 is 40.6 Å². The van der Waals surface area contributed by atoms with Gasteiger partial charge < -0.3 is 9.64 Å². The lowest BCUT2D eigenvalue weighted by atomic mass is 10.0. The van der Waals surface area contributed by atoms with Crippen molar-refractivity contribution in [3.8, 4) is 16.9 Å². The van der Waals surface area contributed by atoms with Crippen LogP contribution in [0.15, 0.2) is 41.2 Å². The van der Waals surface area contributed by atoms with Gasteiger partial charge in [0.25, 0.3) is 5.56 Å².